The molecule has 6 heteroatoms. The summed E-state index contributed by atoms with van der Waals surface area (Å²) in [6, 6.07) is 19.0. The van der Waals surface area contributed by atoms with Crippen LogP contribution in [0.25, 0.3) is 44.5 Å². The maximum absolute atomic E-state index is 8.47. The SMILES string of the molecule is CCN(CC)c1ccc2cc(/C=C/c3cc[n+](CCCN=[N+]=[N-])c4ccccc34)oc2c1. The Bertz CT molecular complexity index is 1300. The summed E-state index contributed by atoms with van der Waals surface area (Å²) in [5, 5.41) is 5.92. The fraction of sp³-hybridized carbons (Fsp3) is 0.269. The van der Waals surface area contributed by atoms with Gasteiger partial charge in [0.2, 0.25) is 5.52 Å². The fourth-order valence-electron chi connectivity index (χ4n) is 4.09. The van der Waals surface area contributed by atoms with Gasteiger partial charge < -0.3 is 9.32 Å². The molecule has 0 aliphatic rings. The number of rotatable bonds is 9. The number of anilines is 1. The van der Waals surface area contributed by atoms with Crippen molar-refractivity contribution in [3.05, 3.63) is 82.6 Å². The van der Waals surface area contributed by atoms with E-state index in [2.05, 4.69) is 94.1 Å². The van der Waals surface area contributed by atoms with Crippen molar-refractivity contribution >= 4 is 39.7 Å². The minimum Gasteiger partial charge on any atom is -0.457 e. The number of benzene rings is 2. The number of furan rings is 1. The number of hydrogen-bond acceptors (Lipinski definition) is 3. The lowest BCUT2D eigenvalue weighted by Gasteiger charge is -2.20. The average molecular weight is 427 g/mol. The van der Waals surface area contributed by atoms with E-state index in [1.807, 2.05) is 12.1 Å². The third-order valence-corrected chi connectivity index (χ3v) is 5.76. The molecule has 0 bridgehead atoms. The van der Waals surface area contributed by atoms with E-state index in [0.717, 1.165) is 53.9 Å². The Kier molecular flexibility index (Phi) is 6.73. The monoisotopic (exact) mass is 426 g/mol. The van der Waals surface area contributed by atoms with Crippen molar-refractivity contribution in [2.24, 2.45) is 5.11 Å². The van der Waals surface area contributed by atoms with Crippen LogP contribution in [0.15, 0.2) is 70.3 Å². The van der Waals surface area contributed by atoms with Crippen molar-refractivity contribution in [1.82, 2.24) is 0 Å². The van der Waals surface area contributed by atoms with E-state index in [1.165, 1.54) is 11.1 Å². The molecule has 4 rings (SSSR count). The number of aryl methyl sites for hydroxylation is 1. The molecule has 2 heterocycles. The van der Waals surface area contributed by atoms with E-state index < -0.39 is 0 Å². The van der Waals surface area contributed by atoms with E-state index in [0.29, 0.717) is 6.54 Å². The van der Waals surface area contributed by atoms with Crippen molar-refractivity contribution in [3.63, 3.8) is 0 Å². The molecule has 162 valence electrons. The van der Waals surface area contributed by atoms with Gasteiger partial charge in [0.15, 0.2) is 6.20 Å². The maximum atomic E-state index is 8.47. The first kappa shape index (κ1) is 21.5. The molecule has 0 saturated heterocycles. The molecule has 0 aliphatic carbocycles. The van der Waals surface area contributed by atoms with Gasteiger partial charge in [0.1, 0.15) is 17.9 Å². The highest BCUT2D eigenvalue weighted by Gasteiger charge is 2.11. The van der Waals surface area contributed by atoms with Crippen molar-refractivity contribution in [1.29, 1.82) is 0 Å². The van der Waals surface area contributed by atoms with Gasteiger partial charge in [0.05, 0.1) is 5.39 Å². The Hall–Kier alpha value is -3.76. The Morgan fingerprint density at radius 1 is 1.06 bits per heavy atom. The molecule has 0 radical (unpaired) electrons. The van der Waals surface area contributed by atoms with Crippen LogP contribution in [0, 0.1) is 0 Å². The number of fused-ring (bicyclic) bond motifs is 2. The van der Waals surface area contributed by atoms with Crippen LogP contribution in [0.4, 0.5) is 5.69 Å². The summed E-state index contributed by atoms with van der Waals surface area (Å²) < 4.78 is 8.33. The normalized spacial score (nSPS) is 11.3. The molecule has 0 fully saturated rings. The Labute approximate surface area is 188 Å². The highest BCUT2D eigenvalue weighted by atomic mass is 16.3. The smallest absolute Gasteiger partial charge is 0.213 e. The summed E-state index contributed by atoms with van der Waals surface area (Å²) in [7, 11) is 0. The molecule has 0 atom stereocenters. The molecular weight excluding hydrogens is 398 g/mol. The second-order valence-electron chi connectivity index (χ2n) is 7.67. The third-order valence-electron chi connectivity index (χ3n) is 5.76. The Morgan fingerprint density at radius 3 is 2.72 bits per heavy atom. The van der Waals surface area contributed by atoms with Crippen LogP contribution < -0.4 is 9.47 Å². The topological polar surface area (TPSA) is 69.0 Å². The van der Waals surface area contributed by atoms with Crippen molar-refractivity contribution in [3.8, 4) is 0 Å². The number of hydrogen-bond donors (Lipinski definition) is 0. The van der Waals surface area contributed by atoms with Crippen molar-refractivity contribution in [2.45, 2.75) is 26.8 Å². The van der Waals surface area contributed by atoms with Gasteiger partial charge >= 0.3 is 0 Å². The number of pyridine rings is 1. The van der Waals surface area contributed by atoms with Crippen LogP contribution in [0.1, 0.15) is 31.6 Å². The minimum absolute atomic E-state index is 0.502. The van der Waals surface area contributed by atoms with Crippen LogP contribution in [0.3, 0.4) is 0 Å². The quantitative estimate of drug-likeness (QED) is 0.0996. The maximum Gasteiger partial charge on any atom is 0.213 e. The molecule has 0 N–H and O–H groups in total. The molecule has 32 heavy (non-hydrogen) atoms. The number of aromatic nitrogens is 1. The average Bonchev–Trinajstić information content (AvgIpc) is 3.24. The van der Waals surface area contributed by atoms with Crippen LogP contribution in [0.5, 0.6) is 0 Å². The first-order chi connectivity index (χ1) is 15.7. The van der Waals surface area contributed by atoms with Crippen molar-refractivity contribution < 1.29 is 8.98 Å². The molecule has 2 aromatic heterocycles. The largest absolute Gasteiger partial charge is 0.457 e. The van der Waals surface area contributed by atoms with Crippen LogP contribution >= 0.6 is 0 Å². The lowest BCUT2D eigenvalue weighted by molar-refractivity contribution is -0.671. The van der Waals surface area contributed by atoms with Crippen LogP contribution in [-0.2, 0) is 6.54 Å². The first-order valence-electron chi connectivity index (χ1n) is 11.1. The van der Waals surface area contributed by atoms with Crippen LogP contribution in [0.2, 0.25) is 0 Å². The van der Waals surface area contributed by atoms with E-state index in [1.54, 1.807) is 0 Å². The standard InChI is InChI=1S/C26H28N5O/c1-3-30(4-2)22-12-10-21-18-23(32-26(21)19-22)13-11-20-14-17-31(16-7-15-28-29-27)25-9-6-5-8-24(20)25/h5-6,8-14,17-19H,3-4,7,15-16H2,1-2H3/q+1. The molecular formula is C26H28N5O+. The lowest BCUT2D eigenvalue weighted by atomic mass is 10.1. The molecule has 0 amide bonds. The number of azide groups is 1. The Balaban J connectivity index is 1.61. The summed E-state index contributed by atoms with van der Waals surface area (Å²) in [5.74, 6) is 0.840. The zero-order valence-electron chi connectivity index (χ0n) is 18.6. The van der Waals surface area contributed by atoms with Crippen molar-refractivity contribution in [2.75, 3.05) is 24.5 Å². The second kappa shape index (κ2) is 10.0. The second-order valence-corrected chi connectivity index (χ2v) is 7.67. The molecule has 0 aliphatic heterocycles. The van der Waals surface area contributed by atoms with Gasteiger partial charge in [-0.15, -0.1) is 0 Å². The van der Waals surface area contributed by atoms with Gasteiger partial charge in [-0.2, -0.15) is 4.57 Å². The van der Waals surface area contributed by atoms with Gasteiger partial charge in [-0.05, 0) is 55.3 Å². The molecule has 4 aromatic rings. The van der Waals surface area contributed by atoms with E-state index in [4.69, 9.17) is 9.95 Å². The van der Waals surface area contributed by atoms with E-state index in [9.17, 15) is 0 Å². The molecule has 0 saturated carbocycles. The zero-order valence-corrected chi connectivity index (χ0v) is 18.6. The molecule has 6 nitrogen and oxygen atoms in total. The highest BCUT2D eigenvalue weighted by Crippen LogP contribution is 2.27. The summed E-state index contributed by atoms with van der Waals surface area (Å²) in [5.41, 5.74) is 12.9. The first-order valence-corrected chi connectivity index (χ1v) is 11.1. The minimum atomic E-state index is 0.502. The van der Waals surface area contributed by atoms with Crippen LogP contribution in [-0.4, -0.2) is 19.6 Å². The molecule has 2 aromatic carbocycles. The van der Waals surface area contributed by atoms with E-state index in [-0.39, 0.29) is 0 Å². The van der Waals surface area contributed by atoms with Gasteiger partial charge in [-0.1, -0.05) is 23.3 Å². The fourth-order valence-corrected chi connectivity index (χ4v) is 4.09. The summed E-state index contributed by atoms with van der Waals surface area (Å²) in [6.45, 7) is 7.59. The molecule has 0 spiro atoms. The predicted molar refractivity (Wildman–Crippen MR) is 131 cm³/mol. The number of para-hydroxylation sites is 1. The highest BCUT2D eigenvalue weighted by molar-refractivity contribution is 5.90. The summed E-state index contributed by atoms with van der Waals surface area (Å²) in [4.78, 5) is 5.14. The Morgan fingerprint density at radius 2 is 1.91 bits per heavy atom. The third kappa shape index (κ3) is 4.61. The van der Waals surface area contributed by atoms with Gasteiger partial charge in [0.25, 0.3) is 0 Å². The van der Waals surface area contributed by atoms with Gasteiger partial charge in [-0.25, -0.2) is 0 Å². The van der Waals surface area contributed by atoms with E-state index >= 15 is 0 Å². The van der Waals surface area contributed by atoms with Gasteiger partial charge in [-0.3, -0.25) is 0 Å². The molecule has 0 unspecified atom stereocenters. The van der Waals surface area contributed by atoms with Gasteiger partial charge in [0, 0.05) is 60.2 Å². The zero-order chi connectivity index (χ0) is 22.3. The number of nitrogens with zero attached hydrogens (tertiary/aromatic N) is 5. The predicted octanol–water partition coefficient (Wildman–Crippen LogP) is 6.59. The lowest BCUT2D eigenvalue weighted by Crippen LogP contribution is -2.34. The summed E-state index contributed by atoms with van der Waals surface area (Å²) >= 11 is 0. The summed E-state index contributed by atoms with van der Waals surface area (Å²) in [6.07, 6.45) is 7.04.